The molecule has 0 aromatic heterocycles. The van der Waals surface area contributed by atoms with Crippen LogP contribution in [0.1, 0.15) is 6.92 Å². The van der Waals surface area contributed by atoms with Gasteiger partial charge >= 0.3 is 0 Å². The van der Waals surface area contributed by atoms with Gasteiger partial charge in [-0.25, -0.2) is 0 Å². The van der Waals surface area contributed by atoms with Gasteiger partial charge in [-0.2, -0.15) is 0 Å². The van der Waals surface area contributed by atoms with E-state index in [4.69, 9.17) is 15.2 Å². The topological polar surface area (TPSA) is 85.1 Å². The second kappa shape index (κ2) is 6.55. The molecule has 7 nitrogen and oxygen atoms in total. The Bertz CT molecular complexity index is 607. The third-order valence-electron chi connectivity index (χ3n) is 4.08. The smallest absolute Gasteiger partial charge is 0.260 e. The van der Waals surface area contributed by atoms with E-state index in [1.807, 2.05) is 19.1 Å². The highest BCUT2D eigenvalue weighted by Gasteiger charge is 2.33. The average Bonchev–Trinajstić information content (AvgIpc) is 2.53. The Balaban J connectivity index is 1.77. The van der Waals surface area contributed by atoms with Crippen LogP contribution in [0.5, 0.6) is 5.75 Å². The number of nitrogens with zero attached hydrogens (tertiary/aromatic N) is 2. The normalized spacial score (nSPS) is 24.7. The first-order valence-corrected chi connectivity index (χ1v) is 7.74. The summed E-state index contributed by atoms with van der Waals surface area (Å²) in [4.78, 5) is 27.9. The summed E-state index contributed by atoms with van der Waals surface area (Å²) < 4.78 is 11.1. The van der Waals surface area contributed by atoms with Gasteiger partial charge in [0.25, 0.3) is 5.91 Å². The number of fused-ring (bicyclic) bond motifs is 1. The molecule has 0 aliphatic carbocycles. The maximum atomic E-state index is 12.7. The molecule has 2 aliphatic heterocycles. The van der Waals surface area contributed by atoms with E-state index in [0.717, 1.165) is 13.1 Å². The van der Waals surface area contributed by atoms with Crippen molar-refractivity contribution in [3.05, 3.63) is 24.3 Å². The van der Waals surface area contributed by atoms with E-state index in [2.05, 4.69) is 4.90 Å². The highest BCUT2D eigenvalue weighted by molar-refractivity contribution is 5.98. The second-order valence-corrected chi connectivity index (χ2v) is 5.90. The van der Waals surface area contributed by atoms with Crippen molar-refractivity contribution in [3.63, 3.8) is 0 Å². The summed E-state index contributed by atoms with van der Waals surface area (Å²) in [6.07, 6.45) is -0.704. The summed E-state index contributed by atoms with van der Waals surface area (Å²) in [6, 6.07) is 7.19. The van der Waals surface area contributed by atoms with Crippen molar-refractivity contribution in [2.75, 3.05) is 37.7 Å². The molecular weight excluding hydrogens is 298 g/mol. The highest BCUT2D eigenvalue weighted by atomic mass is 16.5. The quantitative estimate of drug-likeness (QED) is 0.847. The molecule has 0 unspecified atom stereocenters. The highest BCUT2D eigenvalue weighted by Crippen LogP contribution is 2.33. The molecule has 23 heavy (non-hydrogen) atoms. The van der Waals surface area contributed by atoms with Crippen molar-refractivity contribution in [1.29, 1.82) is 0 Å². The van der Waals surface area contributed by atoms with Crippen LogP contribution in [0.2, 0.25) is 0 Å². The lowest BCUT2D eigenvalue weighted by molar-refractivity contribution is -0.126. The molecule has 2 amide bonds. The minimum absolute atomic E-state index is 0.0684. The van der Waals surface area contributed by atoms with Crippen LogP contribution in [0.15, 0.2) is 24.3 Å². The molecule has 0 radical (unpaired) electrons. The molecule has 1 aromatic rings. The fourth-order valence-corrected chi connectivity index (χ4v) is 2.93. The maximum absolute atomic E-state index is 12.7. The first-order valence-electron chi connectivity index (χ1n) is 7.74. The van der Waals surface area contributed by atoms with Gasteiger partial charge in [-0.15, -0.1) is 0 Å². The number of morpholine rings is 1. The van der Waals surface area contributed by atoms with Gasteiger partial charge in [-0.1, -0.05) is 12.1 Å². The predicted octanol–water partition coefficient (Wildman–Crippen LogP) is -0.0134. The Morgan fingerprint density at radius 2 is 2.09 bits per heavy atom. The number of nitrogens with two attached hydrogens (primary N) is 1. The number of carbonyl (C=O) groups is 2. The summed E-state index contributed by atoms with van der Waals surface area (Å²) in [6.45, 7) is 4.48. The number of anilines is 1. The Hall–Kier alpha value is -2.12. The Labute approximate surface area is 134 Å². The van der Waals surface area contributed by atoms with E-state index >= 15 is 0 Å². The van der Waals surface area contributed by atoms with Crippen molar-refractivity contribution >= 4 is 17.5 Å². The van der Waals surface area contributed by atoms with Gasteiger partial charge in [0.15, 0.2) is 6.10 Å². The largest absolute Gasteiger partial charge is 0.477 e. The summed E-state index contributed by atoms with van der Waals surface area (Å²) >= 11 is 0. The van der Waals surface area contributed by atoms with Crippen LogP contribution in [0.3, 0.4) is 0 Å². The van der Waals surface area contributed by atoms with E-state index in [0.29, 0.717) is 18.0 Å². The first kappa shape index (κ1) is 15.8. The van der Waals surface area contributed by atoms with Gasteiger partial charge in [0, 0.05) is 13.1 Å². The molecule has 7 heteroatoms. The minimum Gasteiger partial charge on any atom is -0.477 e. The summed E-state index contributed by atoms with van der Waals surface area (Å²) in [5.41, 5.74) is 6.04. The number of primary amides is 1. The molecule has 2 aliphatic rings. The molecule has 2 N–H and O–H groups in total. The lowest BCUT2D eigenvalue weighted by atomic mass is 10.1. The second-order valence-electron chi connectivity index (χ2n) is 5.90. The number of hydrogen-bond donors (Lipinski definition) is 1. The molecule has 0 bridgehead atoms. The van der Waals surface area contributed by atoms with Gasteiger partial charge in [0.2, 0.25) is 5.91 Å². The SMILES string of the molecule is C[C@@H]1CN(CC(=O)N2C[C@@H](C(N)=O)Oc3ccccc32)CCO1. The number of rotatable bonds is 3. The van der Waals surface area contributed by atoms with E-state index in [9.17, 15) is 9.59 Å². The lowest BCUT2D eigenvalue weighted by Gasteiger charge is -2.36. The van der Waals surface area contributed by atoms with E-state index < -0.39 is 12.0 Å². The van der Waals surface area contributed by atoms with Crippen LogP contribution in [0, 0.1) is 0 Å². The number of benzene rings is 1. The zero-order valence-electron chi connectivity index (χ0n) is 13.1. The van der Waals surface area contributed by atoms with E-state index in [1.54, 1.807) is 17.0 Å². The third-order valence-corrected chi connectivity index (χ3v) is 4.08. The summed E-state index contributed by atoms with van der Waals surface area (Å²) in [7, 11) is 0. The van der Waals surface area contributed by atoms with Crippen LogP contribution in [-0.2, 0) is 14.3 Å². The van der Waals surface area contributed by atoms with Gasteiger partial charge in [-0.3, -0.25) is 14.5 Å². The zero-order chi connectivity index (χ0) is 16.4. The number of hydrogen-bond acceptors (Lipinski definition) is 5. The van der Waals surface area contributed by atoms with Crippen molar-refractivity contribution in [2.24, 2.45) is 5.73 Å². The fraction of sp³-hybridized carbons (Fsp3) is 0.500. The van der Waals surface area contributed by atoms with Crippen LogP contribution in [0.4, 0.5) is 5.69 Å². The number of amides is 2. The average molecular weight is 319 g/mol. The van der Waals surface area contributed by atoms with E-state index in [1.165, 1.54) is 0 Å². The number of para-hydroxylation sites is 2. The van der Waals surface area contributed by atoms with Gasteiger partial charge < -0.3 is 20.1 Å². The molecule has 0 spiro atoms. The Morgan fingerprint density at radius 3 is 2.83 bits per heavy atom. The monoisotopic (exact) mass is 319 g/mol. The van der Waals surface area contributed by atoms with Crippen molar-refractivity contribution in [1.82, 2.24) is 4.90 Å². The molecule has 124 valence electrons. The lowest BCUT2D eigenvalue weighted by Crippen LogP contribution is -2.53. The van der Waals surface area contributed by atoms with Gasteiger partial charge in [-0.05, 0) is 19.1 Å². The van der Waals surface area contributed by atoms with E-state index in [-0.39, 0.29) is 25.1 Å². The van der Waals surface area contributed by atoms with Gasteiger partial charge in [0.1, 0.15) is 5.75 Å². The van der Waals surface area contributed by atoms with Crippen LogP contribution < -0.4 is 15.4 Å². The molecule has 2 heterocycles. The number of carbonyl (C=O) groups excluding carboxylic acids is 2. The zero-order valence-corrected chi connectivity index (χ0v) is 13.1. The van der Waals surface area contributed by atoms with Crippen molar-refractivity contribution < 1.29 is 19.1 Å². The predicted molar refractivity (Wildman–Crippen MR) is 84.3 cm³/mol. The van der Waals surface area contributed by atoms with Crippen molar-refractivity contribution in [2.45, 2.75) is 19.1 Å². The maximum Gasteiger partial charge on any atom is 0.260 e. The Kier molecular flexibility index (Phi) is 4.49. The molecule has 3 rings (SSSR count). The van der Waals surface area contributed by atoms with Crippen LogP contribution >= 0.6 is 0 Å². The Morgan fingerprint density at radius 1 is 1.30 bits per heavy atom. The molecule has 1 aromatic carbocycles. The standard InChI is InChI=1S/C16H21N3O4/c1-11-8-18(6-7-22-11)10-15(20)19-9-14(16(17)21)23-13-5-3-2-4-12(13)19/h2-5,11,14H,6-10H2,1H3,(H2,17,21)/t11-,14+/m1/s1. The molecule has 0 saturated carbocycles. The molecule has 1 saturated heterocycles. The first-order chi connectivity index (χ1) is 11.0. The summed E-state index contributed by atoms with van der Waals surface area (Å²) in [5, 5.41) is 0. The third kappa shape index (κ3) is 3.46. The van der Waals surface area contributed by atoms with Crippen LogP contribution in [-0.4, -0.2) is 61.7 Å². The molecule has 1 fully saturated rings. The minimum atomic E-state index is -0.822. The van der Waals surface area contributed by atoms with Gasteiger partial charge in [0.05, 0.1) is 31.5 Å². The van der Waals surface area contributed by atoms with Crippen molar-refractivity contribution in [3.8, 4) is 5.75 Å². The number of ether oxygens (including phenoxy) is 2. The van der Waals surface area contributed by atoms with Crippen LogP contribution in [0.25, 0.3) is 0 Å². The molecule has 2 atom stereocenters. The fourth-order valence-electron chi connectivity index (χ4n) is 2.93. The summed E-state index contributed by atoms with van der Waals surface area (Å²) in [5.74, 6) is -0.135. The molecular formula is C16H21N3O4.